The van der Waals surface area contributed by atoms with Crippen molar-refractivity contribution < 1.29 is 9.53 Å². The molecule has 31 heavy (non-hydrogen) atoms. The van der Waals surface area contributed by atoms with Gasteiger partial charge in [-0.3, -0.25) is 9.48 Å². The molecule has 0 bridgehead atoms. The number of rotatable bonds is 6. The summed E-state index contributed by atoms with van der Waals surface area (Å²) in [6.07, 6.45) is 0. The number of aromatic nitrogens is 2. The van der Waals surface area contributed by atoms with Crippen molar-refractivity contribution in [1.82, 2.24) is 9.78 Å². The quantitative estimate of drug-likeness (QED) is 0.430. The highest BCUT2D eigenvalue weighted by Crippen LogP contribution is 2.25. The number of benzene rings is 3. The number of amides is 1. The molecular formula is C26H25N3O2. The molecule has 1 aromatic heterocycles. The minimum Gasteiger partial charge on any atom is -0.457 e. The zero-order valence-electron chi connectivity index (χ0n) is 17.9. The fraction of sp³-hybridized carbons (Fsp3) is 0.154. The lowest BCUT2D eigenvalue weighted by Gasteiger charge is -2.10. The number of ether oxygens (including phenoxy) is 1. The Morgan fingerprint density at radius 1 is 0.903 bits per heavy atom. The molecule has 1 N–H and O–H groups in total. The van der Waals surface area contributed by atoms with E-state index in [1.807, 2.05) is 73.1 Å². The van der Waals surface area contributed by atoms with Crippen molar-refractivity contribution in [3.8, 4) is 11.5 Å². The van der Waals surface area contributed by atoms with Crippen LogP contribution in [0.3, 0.4) is 0 Å². The summed E-state index contributed by atoms with van der Waals surface area (Å²) in [5, 5.41) is 7.67. The monoisotopic (exact) mass is 411 g/mol. The lowest BCUT2D eigenvalue weighted by Crippen LogP contribution is -2.13. The summed E-state index contributed by atoms with van der Waals surface area (Å²) in [4.78, 5) is 12.9. The number of hydrogen-bond acceptors (Lipinski definition) is 3. The summed E-state index contributed by atoms with van der Waals surface area (Å²) < 4.78 is 7.78. The third-order valence-electron chi connectivity index (χ3n) is 5.28. The highest BCUT2D eigenvalue weighted by molar-refractivity contribution is 6.05. The van der Waals surface area contributed by atoms with Gasteiger partial charge in [-0.15, -0.1) is 0 Å². The van der Waals surface area contributed by atoms with Crippen molar-refractivity contribution in [2.24, 2.45) is 0 Å². The minimum atomic E-state index is -0.194. The van der Waals surface area contributed by atoms with E-state index in [1.54, 1.807) is 12.1 Å². The summed E-state index contributed by atoms with van der Waals surface area (Å²) >= 11 is 0. The van der Waals surface area contributed by atoms with Crippen LogP contribution in [0.1, 0.15) is 32.9 Å². The van der Waals surface area contributed by atoms with E-state index in [2.05, 4.69) is 29.5 Å². The second kappa shape index (κ2) is 8.88. The topological polar surface area (TPSA) is 56.2 Å². The zero-order valence-corrected chi connectivity index (χ0v) is 17.9. The highest BCUT2D eigenvalue weighted by Gasteiger charge is 2.16. The number of anilines is 1. The Bertz CT molecular complexity index is 1210. The van der Waals surface area contributed by atoms with E-state index >= 15 is 0 Å². The number of hydrogen-bond donors (Lipinski definition) is 1. The Morgan fingerprint density at radius 3 is 2.39 bits per heavy atom. The first-order valence-electron chi connectivity index (χ1n) is 10.2. The molecule has 0 aliphatic carbocycles. The molecule has 0 saturated carbocycles. The molecule has 0 aliphatic heterocycles. The van der Waals surface area contributed by atoms with Crippen LogP contribution in [0.5, 0.6) is 11.5 Å². The molecule has 4 aromatic rings. The largest absolute Gasteiger partial charge is 0.457 e. The smallest absolute Gasteiger partial charge is 0.255 e. The first-order valence-corrected chi connectivity index (χ1v) is 10.2. The standard InChI is InChI=1S/C26H25N3O2/c1-18-10-7-8-11-22(18)17-29-20(3)25(19(2)28-29)27-26(30)21-12-9-15-24(16-21)31-23-13-5-4-6-14-23/h4-16H,17H2,1-3H3,(H,27,30). The summed E-state index contributed by atoms with van der Waals surface area (Å²) in [5.41, 5.74) is 5.40. The van der Waals surface area contributed by atoms with Crippen LogP contribution < -0.4 is 10.1 Å². The second-order valence-corrected chi connectivity index (χ2v) is 7.53. The van der Waals surface area contributed by atoms with Crippen LogP contribution in [0.4, 0.5) is 5.69 Å². The molecule has 0 aliphatic rings. The molecule has 1 heterocycles. The Balaban J connectivity index is 1.52. The molecule has 4 rings (SSSR count). The van der Waals surface area contributed by atoms with E-state index in [0.29, 0.717) is 17.9 Å². The van der Waals surface area contributed by atoms with Gasteiger partial charge >= 0.3 is 0 Å². The molecule has 0 fully saturated rings. The van der Waals surface area contributed by atoms with Crippen molar-refractivity contribution in [3.05, 3.63) is 107 Å². The first-order chi connectivity index (χ1) is 15.0. The Kier molecular flexibility index (Phi) is 5.85. The van der Waals surface area contributed by atoms with Crippen molar-refractivity contribution in [3.63, 3.8) is 0 Å². The fourth-order valence-electron chi connectivity index (χ4n) is 3.49. The van der Waals surface area contributed by atoms with E-state index in [4.69, 9.17) is 4.74 Å². The third kappa shape index (κ3) is 4.67. The SMILES string of the molecule is Cc1ccccc1Cn1nc(C)c(NC(=O)c2cccc(Oc3ccccc3)c2)c1C. The van der Waals surface area contributed by atoms with Crippen LogP contribution in [0.15, 0.2) is 78.9 Å². The Morgan fingerprint density at radius 2 is 1.61 bits per heavy atom. The first kappa shape index (κ1) is 20.4. The lowest BCUT2D eigenvalue weighted by molar-refractivity contribution is 0.102. The number of carbonyl (C=O) groups excluding carboxylic acids is 1. The molecule has 0 saturated heterocycles. The molecule has 0 atom stereocenters. The summed E-state index contributed by atoms with van der Waals surface area (Å²) in [7, 11) is 0. The summed E-state index contributed by atoms with van der Waals surface area (Å²) in [6.45, 7) is 6.64. The van der Waals surface area contributed by atoms with Gasteiger partial charge in [-0.1, -0.05) is 48.5 Å². The van der Waals surface area contributed by atoms with Gasteiger partial charge in [0.15, 0.2) is 0 Å². The van der Waals surface area contributed by atoms with E-state index in [-0.39, 0.29) is 5.91 Å². The average Bonchev–Trinajstić information content (AvgIpc) is 3.03. The van der Waals surface area contributed by atoms with Gasteiger partial charge in [-0.2, -0.15) is 5.10 Å². The van der Waals surface area contributed by atoms with Crippen molar-refractivity contribution in [1.29, 1.82) is 0 Å². The summed E-state index contributed by atoms with van der Waals surface area (Å²) in [5.74, 6) is 1.15. The second-order valence-electron chi connectivity index (χ2n) is 7.53. The molecule has 5 heteroatoms. The van der Waals surface area contributed by atoms with Crippen LogP contribution in [0, 0.1) is 20.8 Å². The number of carbonyl (C=O) groups is 1. The van der Waals surface area contributed by atoms with E-state index in [9.17, 15) is 4.79 Å². The molecule has 0 unspecified atom stereocenters. The molecule has 156 valence electrons. The van der Waals surface area contributed by atoms with Gasteiger partial charge in [0.25, 0.3) is 5.91 Å². The van der Waals surface area contributed by atoms with Gasteiger partial charge < -0.3 is 10.1 Å². The minimum absolute atomic E-state index is 0.194. The van der Waals surface area contributed by atoms with Crippen LogP contribution in [-0.2, 0) is 6.54 Å². The normalized spacial score (nSPS) is 10.7. The van der Waals surface area contributed by atoms with Crippen LogP contribution in [-0.4, -0.2) is 15.7 Å². The number of nitrogens with one attached hydrogen (secondary N) is 1. The van der Waals surface area contributed by atoms with Gasteiger partial charge in [-0.25, -0.2) is 0 Å². The fourth-order valence-corrected chi connectivity index (χ4v) is 3.49. The maximum absolute atomic E-state index is 12.9. The van der Waals surface area contributed by atoms with Gasteiger partial charge in [-0.05, 0) is 62.2 Å². The maximum Gasteiger partial charge on any atom is 0.255 e. The van der Waals surface area contributed by atoms with Gasteiger partial charge in [0.05, 0.1) is 23.6 Å². The Labute approximate surface area is 182 Å². The predicted octanol–water partition coefficient (Wildman–Crippen LogP) is 5.90. The molecular weight excluding hydrogens is 386 g/mol. The van der Waals surface area contributed by atoms with Crippen LogP contribution in [0.2, 0.25) is 0 Å². The summed E-state index contributed by atoms with van der Waals surface area (Å²) in [6, 6.07) is 24.9. The van der Waals surface area contributed by atoms with E-state index < -0.39 is 0 Å². The highest BCUT2D eigenvalue weighted by atomic mass is 16.5. The number of nitrogens with zero attached hydrogens (tertiary/aromatic N) is 2. The van der Waals surface area contributed by atoms with Crippen molar-refractivity contribution >= 4 is 11.6 Å². The van der Waals surface area contributed by atoms with E-state index in [1.165, 1.54) is 11.1 Å². The zero-order chi connectivity index (χ0) is 21.8. The number of para-hydroxylation sites is 1. The third-order valence-corrected chi connectivity index (χ3v) is 5.28. The number of aryl methyl sites for hydroxylation is 2. The van der Waals surface area contributed by atoms with E-state index in [0.717, 1.165) is 22.8 Å². The molecule has 0 spiro atoms. The predicted molar refractivity (Wildman–Crippen MR) is 123 cm³/mol. The maximum atomic E-state index is 12.9. The van der Waals surface area contributed by atoms with Gasteiger partial charge in [0, 0.05) is 5.56 Å². The van der Waals surface area contributed by atoms with Gasteiger partial charge in [0.1, 0.15) is 11.5 Å². The lowest BCUT2D eigenvalue weighted by atomic mass is 10.1. The van der Waals surface area contributed by atoms with Crippen molar-refractivity contribution in [2.75, 3.05) is 5.32 Å². The molecule has 5 nitrogen and oxygen atoms in total. The Hall–Kier alpha value is -3.86. The molecule has 1 amide bonds. The van der Waals surface area contributed by atoms with Gasteiger partial charge in [0.2, 0.25) is 0 Å². The van der Waals surface area contributed by atoms with Crippen LogP contribution in [0.25, 0.3) is 0 Å². The van der Waals surface area contributed by atoms with Crippen molar-refractivity contribution in [2.45, 2.75) is 27.3 Å². The molecule has 3 aromatic carbocycles. The average molecular weight is 412 g/mol. The van der Waals surface area contributed by atoms with Crippen LogP contribution >= 0.6 is 0 Å². The molecule has 0 radical (unpaired) electrons.